The van der Waals surface area contributed by atoms with Crippen molar-refractivity contribution in [3.8, 4) is 11.3 Å². The molecule has 4 rings (SSSR count). The van der Waals surface area contributed by atoms with Crippen LogP contribution in [0.3, 0.4) is 0 Å². The van der Waals surface area contributed by atoms with E-state index in [4.69, 9.17) is 4.74 Å². The number of nitrogens with zero attached hydrogens (tertiary/aromatic N) is 2. The zero-order valence-corrected chi connectivity index (χ0v) is 15.7. The van der Waals surface area contributed by atoms with Crippen molar-refractivity contribution in [2.45, 2.75) is 26.4 Å². The number of amides is 1. The molecule has 29 heavy (non-hydrogen) atoms. The van der Waals surface area contributed by atoms with Gasteiger partial charge in [0.25, 0.3) is 5.56 Å². The second kappa shape index (κ2) is 7.34. The van der Waals surface area contributed by atoms with Crippen LogP contribution in [0.2, 0.25) is 0 Å². The number of rotatable bonds is 4. The van der Waals surface area contributed by atoms with E-state index in [0.29, 0.717) is 28.7 Å². The van der Waals surface area contributed by atoms with Gasteiger partial charge in [-0.25, -0.2) is 19.3 Å². The predicted octanol–water partition coefficient (Wildman–Crippen LogP) is 3.95. The second-order valence-corrected chi connectivity index (χ2v) is 6.63. The molecule has 2 aromatic heterocycles. The van der Waals surface area contributed by atoms with Crippen LogP contribution in [0, 0.1) is 5.82 Å². The molecule has 0 aliphatic carbocycles. The smallest absolute Gasteiger partial charge is 0.414 e. The highest BCUT2D eigenvalue weighted by Crippen LogP contribution is 2.28. The van der Waals surface area contributed by atoms with Crippen molar-refractivity contribution in [2.75, 3.05) is 5.32 Å². The number of benzene rings is 2. The maximum Gasteiger partial charge on any atom is 0.414 e. The number of anilines is 1. The Kier molecular flexibility index (Phi) is 4.71. The van der Waals surface area contributed by atoms with Crippen LogP contribution in [-0.2, 0) is 4.74 Å². The minimum atomic E-state index is -0.603. The first-order chi connectivity index (χ1) is 14.0. The number of hydrogen-bond acceptors (Lipinski definition) is 5. The number of carbonyl (C=O) groups excluding carboxylic acids is 1. The third-order valence-electron chi connectivity index (χ3n) is 4.62. The Morgan fingerprint density at radius 1 is 1.31 bits per heavy atom. The molecule has 9 heteroatoms. The first-order valence-corrected chi connectivity index (χ1v) is 9.11. The summed E-state index contributed by atoms with van der Waals surface area (Å²) in [5.41, 5.74) is 1.64. The van der Waals surface area contributed by atoms with E-state index in [0.717, 1.165) is 0 Å². The molecule has 1 amide bonds. The SMILES string of the molecule is CCC(C)OC(=O)Nc1nc2ccc(-c3n[nH]c(=O)c4cccc(F)c34)cc2[nH]1. The molecule has 3 N–H and O–H groups in total. The Labute approximate surface area is 164 Å². The van der Waals surface area contributed by atoms with Crippen molar-refractivity contribution in [2.24, 2.45) is 0 Å². The van der Waals surface area contributed by atoms with Crippen LogP contribution in [0.1, 0.15) is 20.3 Å². The first-order valence-electron chi connectivity index (χ1n) is 9.11. The summed E-state index contributed by atoms with van der Waals surface area (Å²) in [4.78, 5) is 31.1. The second-order valence-electron chi connectivity index (χ2n) is 6.63. The molecule has 0 radical (unpaired) electrons. The van der Waals surface area contributed by atoms with Gasteiger partial charge in [0.2, 0.25) is 5.95 Å². The van der Waals surface area contributed by atoms with Crippen molar-refractivity contribution in [3.05, 3.63) is 52.6 Å². The lowest BCUT2D eigenvalue weighted by molar-refractivity contribution is 0.118. The molecule has 0 fully saturated rings. The van der Waals surface area contributed by atoms with Crippen molar-refractivity contribution in [3.63, 3.8) is 0 Å². The normalized spacial score (nSPS) is 12.2. The minimum absolute atomic E-state index is 0.144. The lowest BCUT2D eigenvalue weighted by atomic mass is 10.0. The topological polar surface area (TPSA) is 113 Å². The Morgan fingerprint density at radius 3 is 2.93 bits per heavy atom. The van der Waals surface area contributed by atoms with Gasteiger partial charge in [0.05, 0.1) is 21.8 Å². The third kappa shape index (κ3) is 3.54. The molecule has 1 atom stereocenters. The summed E-state index contributed by atoms with van der Waals surface area (Å²) in [6.45, 7) is 3.71. The van der Waals surface area contributed by atoms with Crippen LogP contribution < -0.4 is 10.9 Å². The number of H-pyrrole nitrogens is 2. The van der Waals surface area contributed by atoms with E-state index in [9.17, 15) is 14.0 Å². The molecule has 0 bridgehead atoms. The number of fused-ring (bicyclic) bond motifs is 2. The molecule has 2 heterocycles. The molecule has 148 valence electrons. The van der Waals surface area contributed by atoms with Gasteiger partial charge in [-0.2, -0.15) is 5.10 Å². The van der Waals surface area contributed by atoms with E-state index >= 15 is 0 Å². The van der Waals surface area contributed by atoms with Crippen LogP contribution in [0.5, 0.6) is 0 Å². The number of aromatic nitrogens is 4. The highest BCUT2D eigenvalue weighted by Gasteiger charge is 2.15. The summed E-state index contributed by atoms with van der Waals surface area (Å²) >= 11 is 0. The summed E-state index contributed by atoms with van der Waals surface area (Å²) in [6, 6.07) is 9.46. The van der Waals surface area contributed by atoms with Crippen molar-refractivity contribution in [1.29, 1.82) is 0 Å². The summed E-state index contributed by atoms with van der Waals surface area (Å²) < 4.78 is 19.6. The molecular formula is C20H18FN5O3. The molecule has 2 aromatic carbocycles. The number of nitrogens with one attached hydrogen (secondary N) is 3. The van der Waals surface area contributed by atoms with Gasteiger partial charge in [0, 0.05) is 5.56 Å². The van der Waals surface area contributed by atoms with Gasteiger partial charge in [-0.1, -0.05) is 19.1 Å². The zero-order chi connectivity index (χ0) is 20.5. The molecule has 0 saturated heterocycles. The average Bonchev–Trinajstić information content (AvgIpc) is 3.09. The van der Waals surface area contributed by atoms with Crippen LogP contribution in [0.15, 0.2) is 41.2 Å². The van der Waals surface area contributed by atoms with Crippen molar-refractivity contribution < 1.29 is 13.9 Å². The van der Waals surface area contributed by atoms with Gasteiger partial charge in [-0.05, 0) is 37.6 Å². The fraction of sp³-hybridized carbons (Fsp3) is 0.200. The maximum atomic E-state index is 14.4. The fourth-order valence-corrected chi connectivity index (χ4v) is 2.99. The van der Waals surface area contributed by atoms with Gasteiger partial charge >= 0.3 is 6.09 Å². The zero-order valence-electron chi connectivity index (χ0n) is 15.7. The monoisotopic (exact) mass is 395 g/mol. The Hall–Kier alpha value is -3.75. The van der Waals surface area contributed by atoms with Crippen LogP contribution >= 0.6 is 0 Å². The highest BCUT2D eigenvalue weighted by atomic mass is 19.1. The first kappa shape index (κ1) is 18.6. The maximum absolute atomic E-state index is 14.4. The number of aromatic amines is 2. The van der Waals surface area contributed by atoms with E-state index in [1.54, 1.807) is 31.2 Å². The molecule has 0 saturated carbocycles. The number of halogens is 1. The van der Waals surface area contributed by atoms with E-state index in [1.807, 2.05) is 6.92 Å². The van der Waals surface area contributed by atoms with E-state index in [1.165, 1.54) is 12.1 Å². The Morgan fingerprint density at radius 2 is 2.14 bits per heavy atom. The van der Waals surface area contributed by atoms with E-state index < -0.39 is 17.5 Å². The summed E-state index contributed by atoms with van der Waals surface area (Å²) in [5, 5.41) is 9.35. The molecule has 4 aromatic rings. The number of imidazole rings is 1. The van der Waals surface area contributed by atoms with E-state index in [2.05, 4.69) is 25.5 Å². The lowest BCUT2D eigenvalue weighted by Gasteiger charge is -2.10. The van der Waals surface area contributed by atoms with Gasteiger partial charge in [-0.15, -0.1) is 0 Å². The fourth-order valence-electron chi connectivity index (χ4n) is 2.99. The predicted molar refractivity (Wildman–Crippen MR) is 107 cm³/mol. The van der Waals surface area contributed by atoms with Crippen molar-refractivity contribution in [1.82, 2.24) is 20.2 Å². The largest absolute Gasteiger partial charge is 0.446 e. The van der Waals surface area contributed by atoms with Gasteiger partial charge in [-0.3, -0.25) is 10.1 Å². The molecule has 1 unspecified atom stereocenters. The minimum Gasteiger partial charge on any atom is -0.446 e. The van der Waals surface area contributed by atoms with Gasteiger partial charge in [0.1, 0.15) is 17.6 Å². The molecule has 0 aliphatic heterocycles. The average molecular weight is 395 g/mol. The quantitative estimate of drug-likeness (QED) is 0.484. The summed E-state index contributed by atoms with van der Waals surface area (Å²) in [6.07, 6.45) is -0.109. The van der Waals surface area contributed by atoms with Gasteiger partial charge < -0.3 is 9.72 Å². The molecule has 0 aliphatic rings. The van der Waals surface area contributed by atoms with Crippen LogP contribution in [0.4, 0.5) is 15.1 Å². The lowest BCUT2D eigenvalue weighted by Crippen LogP contribution is -2.20. The molecular weight excluding hydrogens is 377 g/mol. The Balaban J connectivity index is 1.72. The number of carbonyl (C=O) groups is 1. The highest BCUT2D eigenvalue weighted by molar-refractivity contribution is 5.96. The molecule has 8 nitrogen and oxygen atoms in total. The number of hydrogen-bond donors (Lipinski definition) is 3. The standard InChI is InChI=1S/C20H18FN5O3/c1-3-10(2)29-20(28)24-19-22-14-8-7-11(9-15(14)23-19)17-16-12(18(27)26-25-17)5-4-6-13(16)21/h4-10H,3H2,1-2H3,(H,26,27)(H2,22,23,24,28). The third-order valence-corrected chi connectivity index (χ3v) is 4.62. The summed E-state index contributed by atoms with van der Waals surface area (Å²) in [7, 11) is 0. The van der Waals surface area contributed by atoms with Crippen LogP contribution in [0.25, 0.3) is 33.1 Å². The van der Waals surface area contributed by atoms with Gasteiger partial charge in [0.15, 0.2) is 0 Å². The van der Waals surface area contributed by atoms with Crippen LogP contribution in [-0.4, -0.2) is 32.4 Å². The van der Waals surface area contributed by atoms with E-state index in [-0.39, 0.29) is 22.8 Å². The Bertz CT molecular complexity index is 1280. The number of ether oxygens (including phenoxy) is 1. The van der Waals surface area contributed by atoms with Crippen molar-refractivity contribution >= 4 is 33.8 Å². The molecule has 0 spiro atoms. The summed E-state index contributed by atoms with van der Waals surface area (Å²) in [5.74, 6) is -0.299.